The molecular formula is C17H18ClN3O3S. The topological polar surface area (TPSA) is 72.7 Å². The molecule has 1 aromatic carbocycles. The van der Waals surface area contributed by atoms with Gasteiger partial charge in [0.05, 0.1) is 17.2 Å². The number of ether oxygens (including phenoxy) is 1. The Morgan fingerprint density at radius 3 is 2.88 bits per heavy atom. The van der Waals surface area contributed by atoms with Crippen molar-refractivity contribution in [3.8, 4) is 5.75 Å². The molecule has 0 radical (unpaired) electrons. The molecule has 3 rings (SSSR count). The minimum absolute atomic E-state index is 0.147. The number of sulfonamides is 1. The van der Waals surface area contributed by atoms with Crippen LogP contribution in [0.15, 0.2) is 53.7 Å². The van der Waals surface area contributed by atoms with E-state index in [1.54, 1.807) is 12.1 Å². The van der Waals surface area contributed by atoms with Crippen LogP contribution >= 0.6 is 11.6 Å². The fraction of sp³-hybridized carbons (Fsp3) is 0.235. The van der Waals surface area contributed by atoms with Crippen molar-refractivity contribution in [2.75, 3.05) is 13.2 Å². The Labute approximate surface area is 151 Å². The average Bonchev–Trinajstić information content (AvgIpc) is 2.99. The van der Waals surface area contributed by atoms with Gasteiger partial charge in [0.2, 0.25) is 10.0 Å². The van der Waals surface area contributed by atoms with Gasteiger partial charge in [-0.1, -0.05) is 17.7 Å². The van der Waals surface area contributed by atoms with E-state index in [1.165, 1.54) is 12.1 Å². The summed E-state index contributed by atoms with van der Waals surface area (Å²) in [7, 11) is -3.59. The number of nitrogens with one attached hydrogen (secondary N) is 1. The first-order valence-electron chi connectivity index (χ1n) is 7.84. The lowest BCUT2D eigenvalue weighted by atomic mass is 10.3. The molecular weight excluding hydrogens is 362 g/mol. The predicted octanol–water partition coefficient (Wildman–Crippen LogP) is 2.91. The third-order valence-electron chi connectivity index (χ3n) is 3.58. The molecule has 25 heavy (non-hydrogen) atoms. The van der Waals surface area contributed by atoms with Gasteiger partial charge in [-0.3, -0.25) is 0 Å². The van der Waals surface area contributed by atoms with Crippen LogP contribution in [0.2, 0.25) is 5.02 Å². The van der Waals surface area contributed by atoms with Crippen molar-refractivity contribution in [1.29, 1.82) is 0 Å². The third kappa shape index (κ3) is 4.12. The van der Waals surface area contributed by atoms with Crippen LogP contribution in [0.5, 0.6) is 5.75 Å². The lowest BCUT2D eigenvalue weighted by Crippen LogP contribution is -2.26. The molecule has 0 fully saturated rings. The Kier molecular flexibility index (Phi) is 5.27. The number of aromatic nitrogens is 2. The number of halogens is 1. The fourth-order valence-corrected chi connectivity index (χ4v) is 3.79. The highest BCUT2D eigenvalue weighted by Gasteiger charge is 2.14. The highest BCUT2D eigenvalue weighted by Crippen LogP contribution is 2.19. The summed E-state index contributed by atoms with van der Waals surface area (Å²) < 4.78 is 34.5. The third-order valence-corrected chi connectivity index (χ3v) is 5.27. The zero-order valence-electron chi connectivity index (χ0n) is 13.6. The Balaban J connectivity index is 1.70. The number of nitrogens with zero attached hydrogens (tertiary/aromatic N) is 2. The van der Waals surface area contributed by atoms with Gasteiger partial charge in [-0.2, -0.15) is 0 Å². The van der Waals surface area contributed by atoms with E-state index in [2.05, 4.69) is 9.71 Å². The van der Waals surface area contributed by atoms with E-state index in [0.29, 0.717) is 23.8 Å². The summed E-state index contributed by atoms with van der Waals surface area (Å²) in [6, 6.07) is 9.90. The van der Waals surface area contributed by atoms with Crippen LogP contribution in [0, 0.1) is 0 Å². The molecule has 0 amide bonds. The van der Waals surface area contributed by atoms with Crippen LogP contribution in [0.3, 0.4) is 0 Å². The van der Waals surface area contributed by atoms with E-state index in [-0.39, 0.29) is 11.4 Å². The van der Waals surface area contributed by atoms with Gasteiger partial charge < -0.3 is 9.14 Å². The molecule has 1 N–H and O–H groups in total. The smallest absolute Gasteiger partial charge is 0.240 e. The second-order valence-electron chi connectivity index (χ2n) is 5.37. The second kappa shape index (κ2) is 7.43. The molecule has 0 aliphatic rings. The van der Waals surface area contributed by atoms with Crippen LogP contribution < -0.4 is 9.46 Å². The fourth-order valence-electron chi connectivity index (χ4n) is 2.46. The monoisotopic (exact) mass is 379 g/mol. The molecule has 3 aromatic rings. The number of rotatable bonds is 7. The summed E-state index contributed by atoms with van der Waals surface area (Å²) in [5.41, 5.74) is 1.50. The predicted molar refractivity (Wildman–Crippen MR) is 96.7 cm³/mol. The van der Waals surface area contributed by atoms with Gasteiger partial charge in [0, 0.05) is 30.4 Å². The van der Waals surface area contributed by atoms with Crippen molar-refractivity contribution >= 4 is 27.3 Å². The number of benzene rings is 1. The summed E-state index contributed by atoms with van der Waals surface area (Å²) in [6.45, 7) is 2.71. The number of pyridine rings is 1. The molecule has 0 aliphatic carbocycles. The first-order valence-corrected chi connectivity index (χ1v) is 9.70. The number of hydrogen-bond donors (Lipinski definition) is 1. The highest BCUT2D eigenvalue weighted by molar-refractivity contribution is 7.89. The Morgan fingerprint density at radius 1 is 1.28 bits per heavy atom. The summed E-state index contributed by atoms with van der Waals surface area (Å²) in [4.78, 5) is 4.67. The van der Waals surface area contributed by atoms with Gasteiger partial charge in [0.1, 0.15) is 0 Å². The van der Waals surface area contributed by atoms with Crippen LogP contribution in [0.1, 0.15) is 12.6 Å². The molecule has 0 saturated carbocycles. The van der Waals surface area contributed by atoms with Gasteiger partial charge in [0.15, 0.2) is 11.4 Å². The van der Waals surface area contributed by atoms with E-state index >= 15 is 0 Å². The lowest BCUT2D eigenvalue weighted by Gasteiger charge is -2.06. The van der Waals surface area contributed by atoms with E-state index in [0.717, 1.165) is 11.3 Å². The molecule has 0 atom stereocenters. The summed E-state index contributed by atoms with van der Waals surface area (Å²) >= 11 is 5.85. The van der Waals surface area contributed by atoms with Crippen LogP contribution in [0.4, 0.5) is 0 Å². The maximum atomic E-state index is 12.3. The minimum Gasteiger partial charge on any atom is -0.490 e. The molecule has 0 bridgehead atoms. The number of imidazole rings is 1. The molecule has 8 heteroatoms. The maximum Gasteiger partial charge on any atom is 0.240 e. The van der Waals surface area contributed by atoms with Gasteiger partial charge in [0.25, 0.3) is 0 Å². The molecule has 0 unspecified atom stereocenters. The minimum atomic E-state index is -3.59. The van der Waals surface area contributed by atoms with Crippen molar-refractivity contribution in [3.63, 3.8) is 0 Å². The zero-order valence-corrected chi connectivity index (χ0v) is 15.2. The quantitative estimate of drug-likeness (QED) is 0.685. The highest BCUT2D eigenvalue weighted by atomic mass is 35.5. The molecule has 0 spiro atoms. The first-order chi connectivity index (χ1) is 12.0. The molecule has 6 nitrogen and oxygen atoms in total. The molecule has 2 aromatic heterocycles. The van der Waals surface area contributed by atoms with Crippen LogP contribution in [0.25, 0.3) is 5.65 Å². The summed E-state index contributed by atoms with van der Waals surface area (Å²) in [5, 5.41) is 0.381. The summed E-state index contributed by atoms with van der Waals surface area (Å²) in [5.74, 6) is 0.704. The Hall–Kier alpha value is -2.09. The van der Waals surface area contributed by atoms with Crippen molar-refractivity contribution in [2.45, 2.75) is 18.2 Å². The van der Waals surface area contributed by atoms with Crippen molar-refractivity contribution in [2.24, 2.45) is 0 Å². The summed E-state index contributed by atoms with van der Waals surface area (Å²) in [6.07, 6.45) is 4.21. The van der Waals surface area contributed by atoms with Gasteiger partial charge in [-0.05, 0) is 37.3 Å². The molecule has 132 valence electrons. The number of hydrogen-bond acceptors (Lipinski definition) is 4. The Morgan fingerprint density at radius 2 is 2.12 bits per heavy atom. The van der Waals surface area contributed by atoms with Gasteiger partial charge >= 0.3 is 0 Å². The molecule has 0 aliphatic heterocycles. The SMILES string of the molecule is CCOc1cccn2cc(CCNS(=O)(=O)c3cccc(Cl)c3)nc12. The van der Waals surface area contributed by atoms with E-state index in [4.69, 9.17) is 16.3 Å². The molecule has 0 saturated heterocycles. The lowest BCUT2D eigenvalue weighted by molar-refractivity contribution is 0.342. The van der Waals surface area contributed by atoms with Crippen LogP contribution in [-0.2, 0) is 16.4 Å². The van der Waals surface area contributed by atoms with Crippen molar-refractivity contribution in [1.82, 2.24) is 14.1 Å². The van der Waals surface area contributed by atoms with Crippen LogP contribution in [-0.4, -0.2) is 31.0 Å². The van der Waals surface area contributed by atoms with Crippen molar-refractivity contribution in [3.05, 3.63) is 59.5 Å². The first kappa shape index (κ1) is 17.7. The van der Waals surface area contributed by atoms with Crippen molar-refractivity contribution < 1.29 is 13.2 Å². The standard InChI is InChI=1S/C17H18ClN3O3S/c1-2-24-16-7-4-10-21-12-14(20-17(16)21)8-9-19-25(22,23)15-6-3-5-13(18)11-15/h3-7,10-12,19H,2,8-9H2,1H3. The second-order valence-corrected chi connectivity index (χ2v) is 7.58. The van der Waals surface area contributed by atoms with E-state index in [1.807, 2.05) is 35.9 Å². The molecule has 2 heterocycles. The van der Waals surface area contributed by atoms with E-state index < -0.39 is 10.0 Å². The number of fused-ring (bicyclic) bond motifs is 1. The van der Waals surface area contributed by atoms with Gasteiger partial charge in [-0.25, -0.2) is 18.1 Å². The normalized spacial score (nSPS) is 11.8. The average molecular weight is 380 g/mol. The van der Waals surface area contributed by atoms with E-state index in [9.17, 15) is 8.42 Å². The largest absolute Gasteiger partial charge is 0.490 e. The maximum absolute atomic E-state index is 12.3. The van der Waals surface area contributed by atoms with Gasteiger partial charge in [-0.15, -0.1) is 0 Å². The Bertz CT molecular complexity index is 986. The zero-order chi connectivity index (χ0) is 17.9.